The van der Waals surface area contributed by atoms with Crippen molar-refractivity contribution in [2.24, 2.45) is 0 Å². The predicted molar refractivity (Wildman–Crippen MR) is 71.1 cm³/mol. The number of aromatic nitrogens is 2. The molecular weight excluding hydrogens is 230 g/mol. The lowest BCUT2D eigenvalue weighted by Crippen LogP contribution is -2.24. The minimum Gasteiger partial charge on any atom is -0.308 e. The quantitative estimate of drug-likeness (QED) is 0.853. The van der Waals surface area contributed by atoms with E-state index in [0.717, 1.165) is 25.1 Å². The molecule has 0 aliphatic carbocycles. The zero-order chi connectivity index (χ0) is 11.9. The third-order valence-electron chi connectivity index (χ3n) is 2.61. The summed E-state index contributed by atoms with van der Waals surface area (Å²) >= 11 is 1.65. The van der Waals surface area contributed by atoms with E-state index in [9.17, 15) is 0 Å². The molecule has 90 valence electrons. The Morgan fingerprint density at radius 3 is 3.06 bits per heavy atom. The van der Waals surface area contributed by atoms with Crippen molar-refractivity contribution < 1.29 is 0 Å². The maximum atomic E-state index is 4.40. The van der Waals surface area contributed by atoms with Gasteiger partial charge in [-0.2, -0.15) is 0 Å². The van der Waals surface area contributed by atoms with E-state index in [1.807, 2.05) is 17.8 Å². The van der Waals surface area contributed by atoms with E-state index in [1.54, 1.807) is 17.5 Å². The van der Waals surface area contributed by atoms with Gasteiger partial charge >= 0.3 is 0 Å². The molecule has 4 heteroatoms. The lowest BCUT2D eigenvalue weighted by Gasteiger charge is -2.16. The molecule has 0 saturated carbocycles. The van der Waals surface area contributed by atoms with Crippen LogP contribution in [0.2, 0.25) is 0 Å². The van der Waals surface area contributed by atoms with Gasteiger partial charge in [0.1, 0.15) is 0 Å². The van der Waals surface area contributed by atoms with Crippen LogP contribution in [0.1, 0.15) is 30.6 Å². The van der Waals surface area contributed by atoms with E-state index in [1.165, 1.54) is 5.56 Å². The fourth-order valence-electron chi connectivity index (χ4n) is 1.75. The third-order valence-corrected chi connectivity index (χ3v) is 3.22. The standard InChI is InChI=1S/C13H17N3S/c1-2-5-15-12(13-9-17-10-16-13)7-11-4-3-6-14-8-11/h3-4,6,8-10,12,15H,2,5,7H2,1H3. The van der Waals surface area contributed by atoms with Gasteiger partial charge in [0.2, 0.25) is 0 Å². The first kappa shape index (κ1) is 12.2. The summed E-state index contributed by atoms with van der Waals surface area (Å²) in [5.41, 5.74) is 4.26. The summed E-state index contributed by atoms with van der Waals surface area (Å²) in [6.45, 7) is 3.19. The average molecular weight is 247 g/mol. The van der Waals surface area contributed by atoms with Crippen LogP contribution in [0.5, 0.6) is 0 Å². The second-order valence-corrected chi connectivity index (χ2v) is 4.70. The molecular formula is C13H17N3S. The van der Waals surface area contributed by atoms with Gasteiger partial charge in [0, 0.05) is 17.8 Å². The minimum atomic E-state index is 0.297. The smallest absolute Gasteiger partial charge is 0.0795 e. The van der Waals surface area contributed by atoms with Crippen LogP contribution in [0.25, 0.3) is 0 Å². The number of thiazole rings is 1. The molecule has 1 atom stereocenters. The van der Waals surface area contributed by atoms with Crippen molar-refractivity contribution in [3.8, 4) is 0 Å². The minimum absolute atomic E-state index is 0.297. The lowest BCUT2D eigenvalue weighted by molar-refractivity contribution is 0.519. The van der Waals surface area contributed by atoms with Gasteiger partial charge in [0.25, 0.3) is 0 Å². The summed E-state index contributed by atoms with van der Waals surface area (Å²) in [6.07, 6.45) is 5.80. The first-order valence-electron chi connectivity index (χ1n) is 5.90. The van der Waals surface area contributed by atoms with Crippen LogP contribution in [0.15, 0.2) is 35.4 Å². The Kier molecular flexibility index (Phi) is 4.64. The van der Waals surface area contributed by atoms with Crippen molar-refractivity contribution in [1.29, 1.82) is 0 Å². The molecule has 1 unspecified atom stereocenters. The Morgan fingerprint density at radius 2 is 2.41 bits per heavy atom. The van der Waals surface area contributed by atoms with Gasteiger partial charge in [-0.05, 0) is 31.0 Å². The summed E-state index contributed by atoms with van der Waals surface area (Å²) in [7, 11) is 0. The molecule has 0 bridgehead atoms. The van der Waals surface area contributed by atoms with E-state index in [-0.39, 0.29) is 0 Å². The highest BCUT2D eigenvalue weighted by atomic mass is 32.1. The van der Waals surface area contributed by atoms with Gasteiger partial charge in [0.05, 0.1) is 17.2 Å². The van der Waals surface area contributed by atoms with Gasteiger partial charge in [-0.15, -0.1) is 11.3 Å². The molecule has 2 heterocycles. The number of pyridine rings is 1. The summed E-state index contributed by atoms with van der Waals surface area (Å²) < 4.78 is 0. The summed E-state index contributed by atoms with van der Waals surface area (Å²) in [5, 5.41) is 5.65. The van der Waals surface area contributed by atoms with Crippen LogP contribution in [0.3, 0.4) is 0 Å². The lowest BCUT2D eigenvalue weighted by atomic mass is 10.1. The van der Waals surface area contributed by atoms with Crippen molar-refractivity contribution in [3.05, 3.63) is 46.7 Å². The molecule has 0 spiro atoms. The van der Waals surface area contributed by atoms with Crippen LogP contribution in [-0.4, -0.2) is 16.5 Å². The monoisotopic (exact) mass is 247 g/mol. The molecule has 2 aromatic heterocycles. The second kappa shape index (κ2) is 6.47. The molecule has 0 aromatic carbocycles. The molecule has 17 heavy (non-hydrogen) atoms. The first-order valence-corrected chi connectivity index (χ1v) is 6.84. The van der Waals surface area contributed by atoms with Gasteiger partial charge in [-0.3, -0.25) is 4.98 Å². The van der Waals surface area contributed by atoms with Crippen LogP contribution in [0, 0.1) is 0 Å². The third kappa shape index (κ3) is 3.61. The molecule has 0 saturated heterocycles. The summed E-state index contributed by atoms with van der Waals surface area (Å²) in [4.78, 5) is 8.56. The molecule has 1 N–H and O–H groups in total. The Balaban J connectivity index is 2.06. The molecule has 3 nitrogen and oxygen atoms in total. The zero-order valence-electron chi connectivity index (χ0n) is 9.97. The van der Waals surface area contributed by atoms with E-state index in [4.69, 9.17) is 0 Å². The van der Waals surface area contributed by atoms with Crippen molar-refractivity contribution in [1.82, 2.24) is 15.3 Å². The van der Waals surface area contributed by atoms with Crippen molar-refractivity contribution in [3.63, 3.8) is 0 Å². The number of nitrogens with one attached hydrogen (secondary N) is 1. The zero-order valence-corrected chi connectivity index (χ0v) is 10.8. The van der Waals surface area contributed by atoms with Crippen molar-refractivity contribution in [2.45, 2.75) is 25.8 Å². The number of hydrogen-bond acceptors (Lipinski definition) is 4. The maximum Gasteiger partial charge on any atom is 0.0795 e. The van der Waals surface area contributed by atoms with Gasteiger partial charge in [-0.1, -0.05) is 13.0 Å². The Labute approximate surface area is 106 Å². The maximum absolute atomic E-state index is 4.40. The number of hydrogen-bond donors (Lipinski definition) is 1. The van der Waals surface area contributed by atoms with Crippen LogP contribution in [0.4, 0.5) is 0 Å². The van der Waals surface area contributed by atoms with Crippen LogP contribution >= 0.6 is 11.3 Å². The Hall–Kier alpha value is -1.26. The molecule has 0 aliphatic rings. The normalized spacial score (nSPS) is 12.5. The van der Waals surface area contributed by atoms with Gasteiger partial charge in [-0.25, -0.2) is 4.98 Å². The fourth-order valence-corrected chi connectivity index (χ4v) is 2.36. The van der Waals surface area contributed by atoms with E-state index in [2.05, 4.69) is 33.7 Å². The Morgan fingerprint density at radius 1 is 1.47 bits per heavy atom. The molecule has 0 fully saturated rings. The summed E-state index contributed by atoms with van der Waals surface area (Å²) in [6, 6.07) is 4.39. The molecule has 0 aliphatic heterocycles. The molecule has 2 rings (SSSR count). The number of rotatable bonds is 6. The second-order valence-electron chi connectivity index (χ2n) is 3.99. The molecule has 0 radical (unpaired) electrons. The highest BCUT2D eigenvalue weighted by Crippen LogP contribution is 2.17. The topological polar surface area (TPSA) is 37.8 Å². The SMILES string of the molecule is CCCNC(Cc1cccnc1)c1cscn1. The highest BCUT2D eigenvalue weighted by Gasteiger charge is 2.13. The van der Waals surface area contributed by atoms with Gasteiger partial charge in [0.15, 0.2) is 0 Å². The Bertz CT molecular complexity index is 413. The van der Waals surface area contributed by atoms with E-state index < -0.39 is 0 Å². The summed E-state index contributed by atoms with van der Waals surface area (Å²) in [5.74, 6) is 0. The first-order chi connectivity index (χ1) is 8.40. The highest BCUT2D eigenvalue weighted by molar-refractivity contribution is 7.07. The van der Waals surface area contributed by atoms with E-state index >= 15 is 0 Å². The van der Waals surface area contributed by atoms with Gasteiger partial charge < -0.3 is 5.32 Å². The van der Waals surface area contributed by atoms with E-state index in [0.29, 0.717) is 6.04 Å². The molecule has 2 aromatic rings. The largest absolute Gasteiger partial charge is 0.308 e. The van der Waals surface area contributed by atoms with Crippen molar-refractivity contribution >= 4 is 11.3 Å². The van der Waals surface area contributed by atoms with Crippen LogP contribution < -0.4 is 5.32 Å². The van der Waals surface area contributed by atoms with Crippen molar-refractivity contribution in [2.75, 3.05) is 6.54 Å². The molecule has 0 amide bonds. The number of nitrogens with zero attached hydrogens (tertiary/aromatic N) is 2. The fraction of sp³-hybridized carbons (Fsp3) is 0.385. The predicted octanol–water partition coefficient (Wildman–Crippen LogP) is 2.82. The average Bonchev–Trinajstić information content (AvgIpc) is 2.89. The van der Waals surface area contributed by atoms with Crippen LogP contribution in [-0.2, 0) is 6.42 Å².